The van der Waals surface area contributed by atoms with E-state index in [0.717, 1.165) is 29.9 Å². The van der Waals surface area contributed by atoms with Crippen molar-refractivity contribution in [2.45, 2.75) is 44.1 Å². The van der Waals surface area contributed by atoms with Gasteiger partial charge in [0.1, 0.15) is 0 Å². The number of carbonyl (C=O) groups is 2. The van der Waals surface area contributed by atoms with Gasteiger partial charge >= 0.3 is 6.03 Å². The van der Waals surface area contributed by atoms with E-state index in [9.17, 15) is 9.59 Å². The first-order valence-corrected chi connectivity index (χ1v) is 9.65. The summed E-state index contributed by atoms with van der Waals surface area (Å²) in [5.74, 6) is 0.602. The largest absolute Gasteiger partial charge is 0.336 e. The Labute approximate surface area is 157 Å². The summed E-state index contributed by atoms with van der Waals surface area (Å²) in [6.07, 6.45) is 0.932. The van der Waals surface area contributed by atoms with Gasteiger partial charge in [0.25, 0.3) is 0 Å². The predicted octanol–water partition coefficient (Wildman–Crippen LogP) is 2.70. The molecule has 0 unspecified atom stereocenters. The molecule has 7 nitrogen and oxygen atoms in total. The lowest BCUT2D eigenvalue weighted by atomic mass is 10.1. The van der Waals surface area contributed by atoms with E-state index in [4.69, 9.17) is 0 Å². The molecule has 1 aromatic carbocycles. The molecule has 1 atom stereocenters. The Kier molecular flexibility index (Phi) is 5.61. The molecule has 1 fully saturated rings. The molecule has 1 aliphatic heterocycles. The SMILES string of the molecule is CCCn1c(S[C@@H](C)C(=O)N2CCNC2=O)nnc1-c1cccc(C)c1. The summed E-state index contributed by atoms with van der Waals surface area (Å²) in [6, 6.07) is 7.81. The first-order valence-electron chi connectivity index (χ1n) is 8.77. The number of hydrogen-bond donors (Lipinski definition) is 1. The van der Waals surface area contributed by atoms with Crippen LogP contribution in [0, 0.1) is 6.92 Å². The lowest BCUT2D eigenvalue weighted by Gasteiger charge is -2.17. The zero-order valence-electron chi connectivity index (χ0n) is 15.2. The number of aryl methyl sites for hydroxylation is 1. The first-order chi connectivity index (χ1) is 12.5. The molecule has 1 N–H and O–H groups in total. The average molecular weight is 373 g/mol. The first kappa shape index (κ1) is 18.4. The van der Waals surface area contributed by atoms with Crippen molar-refractivity contribution < 1.29 is 9.59 Å². The van der Waals surface area contributed by atoms with Crippen molar-refractivity contribution in [1.82, 2.24) is 25.0 Å². The van der Waals surface area contributed by atoms with Crippen LogP contribution in [0.5, 0.6) is 0 Å². The van der Waals surface area contributed by atoms with Crippen LogP contribution in [0.4, 0.5) is 4.79 Å². The van der Waals surface area contributed by atoms with E-state index in [1.165, 1.54) is 16.7 Å². The Hall–Kier alpha value is -2.35. The minimum absolute atomic E-state index is 0.201. The van der Waals surface area contributed by atoms with Crippen molar-refractivity contribution in [2.75, 3.05) is 13.1 Å². The smallest absolute Gasteiger partial charge is 0.324 e. The van der Waals surface area contributed by atoms with E-state index in [1.807, 2.05) is 29.7 Å². The van der Waals surface area contributed by atoms with Crippen molar-refractivity contribution in [3.8, 4) is 11.4 Å². The highest BCUT2D eigenvalue weighted by molar-refractivity contribution is 8.00. The molecule has 0 saturated carbocycles. The highest BCUT2D eigenvalue weighted by Crippen LogP contribution is 2.28. The van der Waals surface area contributed by atoms with Gasteiger partial charge in [-0.05, 0) is 26.3 Å². The summed E-state index contributed by atoms with van der Waals surface area (Å²) in [6.45, 7) is 7.63. The van der Waals surface area contributed by atoms with Crippen molar-refractivity contribution in [3.63, 3.8) is 0 Å². The maximum absolute atomic E-state index is 12.5. The molecule has 0 aliphatic carbocycles. The van der Waals surface area contributed by atoms with E-state index in [0.29, 0.717) is 18.2 Å². The van der Waals surface area contributed by atoms with Gasteiger partial charge in [0, 0.05) is 25.2 Å². The Morgan fingerprint density at radius 2 is 2.19 bits per heavy atom. The van der Waals surface area contributed by atoms with Gasteiger partial charge < -0.3 is 9.88 Å². The molecule has 0 spiro atoms. The number of nitrogens with one attached hydrogen (secondary N) is 1. The maximum Gasteiger partial charge on any atom is 0.324 e. The number of thioether (sulfide) groups is 1. The third-order valence-electron chi connectivity index (χ3n) is 4.19. The minimum Gasteiger partial charge on any atom is -0.336 e. The number of benzene rings is 1. The number of hydrogen-bond acceptors (Lipinski definition) is 5. The number of aromatic nitrogens is 3. The van der Waals surface area contributed by atoms with Crippen molar-refractivity contribution >= 4 is 23.7 Å². The maximum atomic E-state index is 12.5. The Morgan fingerprint density at radius 3 is 2.85 bits per heavy atom. The third-order valence-corrected chi connectivity index (χ3v) is 5.26. The molecule has 0 radical (unpaired) electrons. The highest BCUT2D eigenvalue weighted by atomic mass is 32.2. The van der Waals surface area contributed by atoms with E-state index in [2.05, 4.69) is 28.5 Å². The number of amides is 3. The third kappa shape index (κ3) is 3.75. The lowest BCUT2D eigenvalue weighted by Crippen LogP contribution is -2.39. The molecule has 3 amide bonds. The van der Waals surface area contributed by atoms with E-state index in [1.54, 1.807) is 6.92 Å². The molecule has 1 aliphatic rings. The number of urea groups is 1. The minimum atomic E-state index is -0.413. The molecule has 0 bridgehead atoms. The summed E-state index contributed by atoms with van der Waals surface area (Å²) in [4.78, 5) is 25.5. The number of rotatable bonds is 6. The second-order valence-corrected chi connectivity index (χ2v) is 7.62. The molecule has 8 heteroatoms. The number of nitrogens with zero attached hydrogens (tertiary/aromatic N) is 4. The van der Waals surface area contributed by atoms with Gasteiger partial charge in [-0.3, -0.25) is 9.69 Å². The molecular formula is C18H23N5O2S. The summed E-state index contributed by atoms with van der Waals surface area (Å²) in [5.41, 5.74) is 2.17. The number of carbonyl (C=O) groups excluding carboxylic acids is 2. The van der Waals surface area contributed by atoms with Gasteiger partial charge in [-0.25, -0.2) is 4.79 Å². The van der Waals surface area contributed by atoms with Crippen LogP contribution < -0.4 is 5.32 Å². The topological polar surface area (TPSA) is 80.1 Å². The molecule has 2 aromatic rings. The zero-order chi connectivity index (χ0) is 18.7. The molecule has 26 heavy (non-hydrogen) atoms. The molecule has 2 heterocycles. The molecular weight excluding hydrogens is 350 g/mol. The van der Waals surface area contributed by atoms with Crippen molar-refractivity contribution in [2.24, 2.45) is 0 Å². The van der Waals surface area contributed by atoms with Crippen molar-refractivity contribution in [1.29, 1.82) is 0 Å². The summed E-state index contributed by atoms with van der Waals surface area (Å²) in [7, 11) is 0. The lowest BCUT2D eigenvalue weighted by molar-refractivity contribution is -0.126. The van der Waals surface area contributed by atoms with Gasteiger partial charge in [-0.1, -0.05) is 42.4 Å². The van der Waals surface area contributed by atoms with Gasteiger partial charge in [-0.2, -0.15) is 0 Å². The molecule has 1 aromatic heterocycles. The van der Waals surface area contributed by atoms with E-state index >= 15 is 0 Å². The van der Waals surface area contributed by atoms with Crippen LogP contribution in [0.3, 0.4) is 0 Å². The van der Waals surface area contributed by atoms with Gasteiger partial charge in [-0.15, -0.1) is 10.2 Å². The van der Waals surface area contributed by atoms with E-state index < -0.39 is 5.25 Å². The summed E-state index contributed by atoms with van der Waals surface area (Å²) in [5, 5.41) is 11.6. The van der Waals surface area contributed by atoms with Crippen LogP contribution in [-0.4, -0.2) is 49.9 Å². The summed E-state index contributed by atoms with van der Waals surface area (Å²) >= 11 is 1.34. The normalized spacial score (nSPS) is 15.2. The summed E-state index contributed by atoms with van der Waals surface area (Å²) < 4.78 is 2.05. The highest BCUT2D eigenvalue weighted by Gasteiger charge is 2.31. The molecule has 3 rings (SSSR count). The van der Waals surface area contributed by atoms with Crippen LogP contribution in [0.1, 0.15) is 25.8 Å². The fourth-order valence-corrected chi connectivity index (χ4v) is 3.85. The van der Waals surface area contributed by atoms with Gasteiger partial charge in [0.05, 0.1) is 5.25 Å². The zero-order valence-corrected chi connectivity index (χ0v) is 16.0. The quantitative estimate of drug-likeness (QED) is 0.788. The fraction of sp³-hybridized carbons (Fsp3) is 0.444. The van der Waals surface area contributed by atoms with Crippen LogP contribution >= 0.6 is 11.8 Å². The van der Waals surface area contributed by atoms with Crippen LogP contribution in [0.15, 0.2) is 29.4 Å². The number of imide groups is 1. The standard InChI is InChI=1S/C18H23N5O2S/c1-4-9-22-15(14-7-5-6-12(2)11-14)20-21-18(22)26-13(3)16(24)23-10-8-19-17(23)25/h5-7,11,13H,4,8-10H2,1-3H3,(H,19,25)/t13-/m0/s1. The predicted molar refractivity (Wildman–Crippen MR) is 101 cm³/mol. The van der Waals surface area contributed by atoms with Crippen LogP contribution in [-0.2, 0) is 11.3 Å². The second-order valence-electron chi connectivity index (χ2n) is 6.31. The van der Waals surface area contributed by atoms with Gasteiger partial charge in [0.2, 0.25) is 5.91 Å². The fourth-order valence-electron chi connectivity index (χ4n) is 2.91. The molecule has 138 valence electrons. The molecule has 1 saturated heterocycles. The average Bonchev–Trinajstić information content (AvgIpc) is 3.21. The Bertz CT molecular complexity index is 820. The van der Waals surface area contributed by atoms with Crippen LogP contribution in [0.25, 0.3) is 11.4 Å². The van der Waals surface area contributed by atoms with Crippen molar-refractivity contribution in [3.05, 3.63) is 29.8 Å². The Morgan fingerprint density at radius 1 is 1.38 bits per heavy atom. The Balaban J connectivity index is 1.83. The second kappa shape index (κ2) is 7.90. The van der Waals surface area contributed by atoms with Gasteiger partial charge in [0.15, 0.2) is 11.0 Å². The monoisotopic (exact) mass is 373 g/mol. The van der Waals surface area contributed by atoms with E-state index in [-0.39, 0.29) is 11.9 Å². The van der Waals surface area contributed by atoms with Crippen LogP contribution in [0.2, 0.25) is 0 Å².